The molecule has 2 aromatic carbocycles. The molecule has 0 heterocycles. The first-order valence-corrected chi connectivity index (χ1v) is 8.10. The number of hydrogen-bond donors (Lipinski definition) is 2. The van der Waals surface area contributed by atoms with Gasteiger partial charge in [-0.25, -0.2) is 4.39 Å². The highest BCUT2D eigenvalue weighted by Gasteiger charge is 2.08. The van der Waals surface area contributed by atoms with E-state index in [9.17, 15) is 14.0 Å². The van der Waals surface area contributed by atoms with E-state index < -0.39 is 0 Å². The van der Waals surface area contributed by atoms with Crippen molar-refractivity contribution in [2.24, 2.45) is 0 Å². The molecule has 0 radical (unpaired) electrons. The van der Waals surface area contributed by atoms with Crippen LogP contribution in [0.5, 0.6) is 5.75 Å². The highest BCUT2D eigenvalue weighted by Crippen LogP contribution is 2.11. The second-order valence-corrected chi connectivity index (χ2v) is 5.37. The van der Waals surface area contributed by atoms with Crippen molar-refractivity contribution in [3.05, 3.63) is 65.5 Å². The molecule has 132 valence electrons. The summed E-state index contributed by atoms with van der Waals surface area (Å²) in [5.74, 6) is -0.194. The molecule has 0 saturated heterocycles. The van der Waals surface area contributed by atoms with Crippen LogP contribution in [0, 0.1) is 5.82 Å². The average molecular weight is 344 g/mol. The average Bonchev–Trinajstić information content (AvgIpc) is 2.62. The quantitative estimate of drug-likeness (QED) is 0.772. The van der Waals surface area contributed by atoms with Crippen LogP contribution in [0.15, 0.2) is 48.5 Å². The summed E-state index contributed by atoms with van der Waals surface area (Å²) in [6, 6.07) is 12.8. The lowest BCUT2D eigenvalue weighted by Crippen LogP contribution is -2.37. The van der Waals surface area contributed by atoms with Gasteiger partial charge in [0.05, 0.1) is 13.2 Å². The summed E-state index contributed by atoms with van der Waals surface area (Å²) >= 11 is 0. The molecule has 0 aliphatic rings. The molecule has 0 atom stereocenters. The van der Waals surface area contributed by atoms with Gasteiger partial charge >= 0.3 is 0 Å². The number of carbonyl (C=O) groups is 2. The molecule has 0 aliphatic carbocycles. The highest BCUT2D eigenvalue weighted by atomic mass is 19.1. The normalized spacial score (nSPS) is 10.2. The first kappa shape index (κ1) is 18.4. The minimum Gasteiger partial charge on any atom is -0.494 e. The second-order valence-electron chi connectivity index (χ2n) is 5.37. The molecule has 0 fully saturated rings. The topological polar surface area (TPSA) is 67.4 Å². The summed E-state index contributed by atoms with van der Waals surface area (Å²) in [5, 5.41) is 5.28. The van der Waals surface area contributed by atoms with Crippen LogP contribution in [0.3, 0.4) is 0 Å². The van der Waals surface area contributed by atoms with Gasteiger partial charge in [0, 0.05) is 12.1 Å². The van der Waals surface area contributed by atoms with Gasteiger partial charge in [-0.05, 0) is 55.3 Å². The minimum atomic E-state index is -0.322. The van der Waals surface area contributed by atoms with Gasteiger partial charge in [0.1, 0.15) is 11.6 Å². The molecular formula is C19H21FN2O3. The lowest BCUT2D eigenvalue weighted by atomic mass is 10.1. The Morgan fingerprint density at radius 1 is 1.00 bits per heavy atom. The molecule has 0 aromatic heterocycles. The van der Waals surface area contributed by atoms with E-state index in [-0.39, 0.29) is 24.2 Å². The molecule has 5 nitrogen and oxygen atoms in total. The number of hydrogen-bond acceptors (Lipinski definition) is 3. The Hall–Kier alpha value is -2.89. The van der Waals surface area contributed by atoms with Gasteiger partial charge in [-0.15, -0.1) is 0 Å². The molecule has 25 heavy (non-hydrogen) atoms. The number of benzene rings is 2. The van der Waals surface area contributed by atoms with Gasteiger partial charge in [-0.2, -0.15) is 0 Å². The van der Waals surface area contributed by atoms with E-state index >= 15 is 0 Å². The van der Waals surface area contributed by atoms with E-state index in [1.54, 1.807) is 36.4 Å². The molecule has 0 unspecified atom stereocenters. The number of halogens is 1. The van der Waals surface area contributed by atoms with Crippen molar-refractivity contribution in [1.29, 1.82) is 0 Å². The Labute approximate surface area is 146 Å². The zero-order valence-corrected chi connectivity index (χ0v) is 14.0. The van der Waals surface area contributed by atoms with Gasteiger partial charge in [0.15, 0.2) is 0 Å². The fourth-order valence-corrected chi connectivity index (χ4v) is 2.19. The van der Waals surface area contributed by atoms with E-state index in [1.165, 1.54) is 12.1 Å². The fourth-order valence-electron chi connectivity index (χ4n) is 2.19. The van der Waals surface area contributed by atoms with Gasteiger partial charge in [-0.1, -0.05) is 12.1 Å². The number of ether oxygens (including phenoxy) is 1. The van der Waals surface area contributed by atoms with Crippen molar-refractivity contribution in [2.45, 2.75) is 13.3 Å². The van der Waals surface area contributed by atoms with E-state index in [0.717, 1.165) is 5.56 Å². The van der Waals surface area contributed by atoms with E-state index in [0.29, 0.717) is 30.9 Å². The third-order valence-corrected chi connectivity index (χ3v) is 3.49. The maximum Gasteiger partial charge on any atom is 0.251 e. The van der Waals surface area contributed by atoms with E-state index in [2.05, 4.69) is 10.6 Å². The third kappa shape index (κ3) is 6.25. The van der Waals surface area contributed by atoms with Crippen molar-refractivity contribution in [3.8, 4) is 5.75 Å². The second kappa shape index (κ2) is 9.42. The Kier molecular flexibility index (Phi) is 6.95. The lowest BCUT2D eigenvalue weighted by molar-refractivity contribution is -0.120. The first-order valence-electron chi connectivity index (χ1n) is 8.10. The third-order valence-electron chi connectivity index (χ3n) is 3.49. The predicted molar refractivity (Wildman–Crippen MR) is 93.1 cm³/mol. The molecule has 2 amide bonds. The van der Waals surface area contributed by atoms with Crippen molar-refractivity contribution < 1.29 is 18.7 Å². The van der Waals surface area contributed by atoms with Crippen LogP contribution >= 0.6 is 0 Å². The Morgan fingerprint density at radius 3 is 2.32 bits per heavy atom. The summed E-state index contributed by atoms with van der Waals surface area (Å²) in [6.45, 7) is 2.76. The summed E-state index contributed by atoms with van der Waals surface area (Å²) < 4.78 is 18.1. The molecular weight excluding hydrogens is 323 g/mol. The van der Waals surface area contributed by atoms with Crippen LogP contribution in [-0.4, -0.2) is 31.5 Å². The summed E-state index contributed by atoms with van der Waals surface area (Å²) in [5.41, 5.74) is 1.39. The molecule has 0 spiro atoms. The fraction of sp³-hybridized carbons (Fsp3) is 0.263. The molecule has 2 N–H and O–H groups in total. The van der Waals surface area contributed by atoms with Crippen molar-refractivity contribution >= 4 is 11.8 Å². The monoisotopic (exact) mass is 344 g/mol. The van der Waals surface area contributed by atoms with E-state index in [1.807, 2.05) is 6.92 Å². The molecule has 2 aromatic rings. The van der Waals surface area contributed by atoms with Crippen molar-refractivity contribution in [1.82, 2.24) is 10.6 Å². The van der Waals surface area contributed by atoms with Crippen LogP contribution in [-0.2, 0) is 11.2 Å². The van der Waals surface area contributed by atoms with Gasteiger partial charge in [0.2, 0.25) is 5.91 Å². The minimum absolute atomic E-state index is 0.102. The lowest BCUT2D eigenvalue weighted by Gasteiger charge is -2.08. The smallest absolute Gasteiger partial charge is 0.251 e. The van der Waals surface area contributed by atoms with Crippen molar-refractivity contribution in [2.75, 3.05) is 19.7 Å². The van der Waals surface area contributed by atoms with Crippen LogP contribution in [0.2, 0.25) is 0 Å². The Bertz CT molecular complexity index is 700. The molecule has 0 saturated carbocycles. The van der Waals surface area contributed by atoms with E-state index in [4.69, 9.17) is 4.74 Å². The number of amides is 2. The Balaban J connectivity index is 1.70. The van der Waals surface area contributed by atoms with Crippen molar-refractivity contribution in [3.63, 3.8) is 0 Å². The van der Waals surface area contributed by atoms with Crippen LogP contribution in [0.1, 0.15) is 22.8 Å². The predicted octanol–water partition coefficient (Wildman–Crippen LogP) is 2.31. The molecule has 2 rings (SSSR count). The molecule has 0 aliphatic heterocycles. The molecule has 0 bridgehead atoms. The summed E-state index contributed by atoms with van der Waals surface area (Å²) in [6.07, 6.45) is 0.596. The largest absolute Gasteiger partial charge is 0.494 e. The summed E-state index contributed by atoms with van der Waals surface area (Å²) in [7, 11) is 0. The highest BCUT2D eigenvalue weighted by molar-refractivity contribution is 5.96. The van der Waals surface area contributed by atoms with Gasteiger partial charge < -0.3 is 15.4 Å². The summed E-state index contributed by atoms with van der Waals surface area (Å²) in [4.78, 5) is 23.7. The first-order chi connectivity index (χ1) is 12.1. The van der Waals surface area contributed by atoms with Gasteiger partial charge in [0.25, 0.3) is 5.91 Å². The standard InChI is InChI=1S/C19H21FN2O3/c1-2-25-17-9-5-15(6-10-17)19(24)22-13-18(23)21-12-11-14-3-7-16(20)8-4-14/h3-10H,2,11-13H2,1H3,(H,21,23)(H,22,24). The van der Waals surface area contributed by atoms with Gasteiger partial charge in [-0.3, -0.25) is 9.59 Å². The molecule has 6 heteroatoms. The van der Waals surface area contributed by atoms with Crippen LogP contribution < -0.4 is 15.4 Å². The zero-order chi connectivity index (χ0) is 18.1. The zero-order valence-electron chi connectivity index (χ0n) is 14.0. The van der Waals surface area contributed by atoms with Crippen LogP contribution in [0.4, 0.5) is 4.39 Å². The number of nitrogens with one attached hydrogen (secondary N) is 2. The number of rotatable bonds is 8. The Morgan fingerprint density at radius 2 is 1.68 bits per heavy atom. The van der Waals surface area contributed by atoms with Crippen LogP contribution in [0.25, 0.3) is 0 Å². The maximum absolute atomic E-state index is 12.8. The maximum atomic E-state index is 12.8. The SMILES string of the molecule is CCOc1ccc(C(=O)NCC(=O)NCCc2ccc(F)cc2)cc1. The number of carbonyl (C=O) groups excluding carboxylic acids is 2.